The van der Waals surface area contributed by atoms with Crippen molar-refractivity contribution in [3.63, 3.8) is 0 Å². The Morgan fingerprint density at radius 2 is 1.74 bits per heavy atom. The molecule has 1 N–H and O–H groups in total. The van der Waals surface area contributed by atoms with Crippen LogP contribution in [-0.2, 0) is 24.8 Å². The molecule has 1 heterocycles. The highest BCUT2D eigenvalue weighted by molar-refractivity contribution is 7.89. The molecule has 0 saturated carbocycles. The van der Waals surface area contributed by atoms with E-state index >= 15 is 0 Å². The fraction of sp³-hybridized carbons (Fsp3) is 0.571. The molecule has 23 heavy (non-hydrogen) atoms. The first-order chi connectivity index (χ1) is 10.6. The number of aryl methyl sites for hydroxylation is 1. The molecule has 1 saturated heterocycles. The lowest BCUT2D eigenvalue weighted by Gasteiger charge is -2.21. The van der Waals surface area contributed by atoms with Crippen LogP contribution < -0.4 is 4.72 Å². The van der Waals surface area contributed by atoms with E-state index in [0.717, 1.165) is 9.87 Å². The van der Waals surface area contributed by atoms with Gasteiger partial charge in [0.1, 0.15) is 0 Å². The van der Waals surface area contributed by atoms with Crippen molar-refractivity contribution in [3.05, 3.63) is 29.8 Å². The van der Waals surface area contributed by atoms with Crippen LogP contribution in [0.3, 0.4) is 0 Å². The fourth-order valence-corrected chi connectivity index (χ4v) is 4.75. The minimum atomic E-state index is -3.71. The van der Waals surface area contributed by atoms with E-state index < -0.39 is 32.0 Å². The van der Waals surface area contributed by atoms with Crippen molar-refractivity contribution in [1.82, 2.24) is 9.03 Å². The second kappa shape index (κ2) is 6.86. The lowest BCUT2D eigenvalue weighted by molar-refractivity contribution is 0.185. The minimum absolute atomic E-state index is 0.152. The van der Waals surface area contributed by atoms with E-state index in [1.165, 1.54) is 26.2 Å². The maximum atomic E-state index is 12.4. The monoisotopic (exact) mass is 362 g/mol. The van der Waals surface area contributed by atoms with Gasteiger partial charge in [0.15, 0.2) is 0 Å². The molecule has 0 radical (unpaired) electrons. The highest BCUT2D eigenvalue weighted by atomic mass is 32.2. The average molecular weight is 362 g/mol. The summed E-state index contributed by atoms with van der Waals surface area (Å²) >= 11 is 0. The fourth-order valence-electron chi connectivity index (χ4n) is 2.30. The lowest BCUT2D eigenvalue weighted by Crippen LogP contribution is -2.43. The van der Waals surface area contributed by atoms with Gasteiger partial charge < -0.3 is 4.74 Å². The summed E-state index contributed by atoms with van der Waals surface area (Å²) in [6, 6.07) is 5.93. The van der Waals surface area contributed by atoms with E-state index in [9.17, 15) is 16.8 Å². The van der Waals surface area contributed by atoms with Gasteiger partial charge in [-0.1, -0.05) is 17.7 Å². The number of ether oxygens (including phenoxy) is 1. The van der Waals surface area contributed by atoms with Gasteiger partial charge in [0.2, 0.25) is 20.0 Å². The van der Waals surface area contributed by atoms with Gasteiger partial charge in [-0.15, -0.1) is 0 Å². The average Bonchev–Trinajstić information content (AvgIpc) is 2.85. The molecule has 7 nitrogen and oxygen atoms in total. The Balaban J connectivity index is 2.13. The van der Waals surface area contributed by atoms with E-state index in [2.05, 4.69) is 4.72 Å². The summed E-state index contributed by atoms with van der Waals surface area (Å²) in [4.78, 5) is 0.157. The standard InChI is InChI=1S/C14H22N2O5S2/c1-11-4-6-13(7-5-11)23(19,20)15-14-9-21-8-12(14)10-22(17,18)16(2)3/h4-7,12,14-15H,8-10H2,1-3H3/t12-,14-/m0/s1. The quantitative estimate of drug-likeness (QED) is 0.779. The Morgan fingerprint density at radius 1 is 1.13 bits per heavy atom. The van der Waals surface area contributed by atoms with Crippen LogP contribution in [0, 0.1) is 12.8 Å². The zero-order valence-electron chi connectivity index (χ0n) is 13.4. The van der Waals surface area contributed by atoms with E-state index in [0.29, 0.717) is 0 Å². The van der Waals surface area contributed by atoms with Crippen molar-refractivity contribution in [1.29, 1.82) is 0 Å². The highest BCUT2D eigenvalue weighted by Crippen LogP contribution is 2.20. The second-order valence-electron chi connectivity index (χ2n) is 5.90. The van der Waals surface area contributed by atoms with E-state index in [4.69, 9.17) is 4.74 Å². The van der Waals surface area contributed by atoms with Gasteiger partial charge in [0, 0.05) is 20.0 Å². The van der Waals surface area contributed by atoms with Crippen molar-refractivity contribution < 1.29 is 21.6 Å². The summed E-state index contributed by atoms with van der Waals surface area (Å²) < 4.78 is 57.8. The molecule has 0 bridgehead atoms. The number of sulfonamides is 2. The zero-order chi connectivity index (χ0) is 17.3. The van der Waals surface area contributed by atoms with Gasteiger partial charge in [-0.2, -0.15) is 0 Å². The molecule has 0 unspecified atom stereocenters. The number of hydrogen-bond acceptors (Lipinski definition) is 5. The van der Waals surface area contributed by atoms with Crippen molar-refractivity contribution >= 4 is 20.0 Å². The normalized spacial score (nSPS) is 22.6. The predicted molar refractivity (Wildman–Crippen MR) is 87.1 cm³/mol. The maximum absolute atomic E-state index is 12.4. The Hall–Kier alpha value is -1.00. The third-order valence-corrected chi connectivity index (χ3v) is 7.29. The summed E-state index contributed by atoms with van der Waals surface area (Å²) in [5.74, 6) is -0.566. The third-order valence-electron chi connectivity index (χ3n) is 3.82. The lowest BCUT2D eigenvalue weighted by atomic mass is 10.1. The van der Waals surface area contributed by atoms with Crippen molar-refractivity contribution in [2.24, 2.45) is 5.92 Å². The molecule has 1 aromatic rings. The van der Waals surface area contributed by atoms with E-state index in [1.54, 1.807) is 12.1 Å². The Kier molecular flexibility index (Phi) is 5.47. The molecular formula is C14H22N2O5S2. The first-order valence-electron chi connectivity index (χ1n) is 7.19. The number of benzene rings is 1. The third kappa shape index (κ3) is 4.51. The van der Waals surface area contributed by atoms with Crippen LogP contribution in [0.2, 0.25) is 0 Å². The molecule has 130 valence electrons. The topological polar surface area (TPSA) is 92.8 Å². The second-order valence-corrected chi connectivity index (χ2v) is 9.84. The van der Waals surface area contributed by atoms with Crippen molar-refractivity contribution in [2.75, 3.05) is 33.1 Å². The van der Waals surface area contributed by atoms with Crippen LogP contribution in [-0.4, -0.2) is 60.2 Å². The summed E-state index contributed by atoms with van der Waals surface area (Å²) in [5.41, 5.74) is 0.961. The largest absolute Gasteiger partial charge is 0.379 e. The number of nitrogens with one attached hydrogen (secondary N) is 1. The SMILES string of the molecule is Cc1ccc(S(=O)(=O)N[C@H]2COC[C@H]2CS(=O)(=O)N(C)C)cc1. The summed E-state index contributed by atoms with van der Waals surface area (Å²) in [6.07, 6.45) is 0. The molecule has 0 aromatic heterocycles. The summed E-state index contributed by atoms with van der Waals surface area (Å²) in [7, 11) is -4.22. The van der Waals surface area contributed by atoms with Gasteiger partial charge in [0.25, 0.3) is 0 Å². The van der Waals surface area contributed by atoms with Gasteiger partial charge in [-0.25, -0.2) is 25.9 Å². The van der Waals surface area contributed by atoms with Gasteiger partial charge >= 0.3 is 0 Å². The van der Waals surface area contributed by atoms with Gasteiger partial charge in [-0.05, 0) is 19.1 Å². The first kappa shape index (κ1) is 18.3. The van der Waals surface area contributed by atoms with Crippen molar-refractivity contribution in [3.8, 4) is 0 Å². The first-order valence-corrected chi connectivity index (χ1v) is 10.3. The molecule has 0 spiro atoms. The van der Waals surface area contributed by atoms with Gasteiger partial charge in [-0.3, -0.25) is 0 Å². The molecule has 1 aromatic carbocycles. The molecule has 2 atom stereocenters. The van der Waals surface area contributed by atoms with Crippen LogP contribution in [0.25, 0.3) is 0 Å². The summed E-state index contributed by atoms with van der Waals surface area (Å²) in [5, 5.41) is 0. The molecule has 1 fully saturated rings. The summed E-state index contributed by atoms with van der Waals surface area (Å²) in [6.45, 7) is 2.25. The molecule has 0 aliphatic carbocycles. The van der Waals surface area contributed by atoms with Gasteiger partial charge in [0.05, 0.1) is 29.9 Å². The number of hydrogen-bond donors (Lipinski definition) is 1. The van der Waals surface area contributed by atoms with Crippen LogP contribution >= 0.6 is 0 Å². The molecule has 9 heteroatoms. The van der Waals surface area contributed by atoms with E-state index in [1.807, 2.05) is 6.92 Å². The number of rotatable bonds is 6. The zero-order valence-corrected chi connectivity index (χ0v) is 15.0. The Morgan fingerprint density at radius 3 is 2.30 bits per heavy atom. The predicted octanol–water partition coefficient (Wildman–Crippen LogP) is 0.180. The smallest absolute Gasteiger partial charge is 0.240 e. The molecule has 1 aliphatic rings. The van der Waals surface area contributed by atoms with Crippen molar-refractivity contribution in [2.45, 2.75) is 17.9 Å². The Labute approximate surface area is 137 Å². The maximum Gasteiger partial charge on any atom is 0.240 e. The highest BCUT2D eigenvalue weighted by Gasteiger charge is 2.35. The van der Waals surface area contributed by atoms with Crippen LogP contribution in [0.5, 0.6) is 0 Å². The molecule has 2 rings (SSSR count). The number of nitrogens with zero attached hydrogens (tertiary/aromatic N) is 1. The van der Waals surface area contributed by atoms with Crippen LogP contribution in [0.4, 0.5) is 0 Å². The van der Waals surface area contributed by atoms with E-state index in [-0.39, 0.29) is 23.9 Å². The molecular weight excluding hydrogens is 340 g/mol. The Bertz CT molecular complexity index is 742. The molecule has 1 aliphatic heterocycles. The van der Waals surface area contributed by atoms with Crippen LogP contribution in [0.15, 0.2) is 29.2 Å². The van der Waals surface area contributed by atoms with Crippen LogP contribution in [0.1, 0.15) is 5.56 Å². The minimum Gasteiger partial charge on any atom is -0.379 e. The molecule has 0 amide bonds.